The van der Waals surface area contributed by atoms with Crippen molar-refractivity contribution in [2.75, 3.05) is 39.6 Å². The number of hydrogen-bond donors (Lipinski definition) is 1. The molecule has 2 aromatic carbocycles. The predicted octanol–water partition coefficient (Wildman–Crippen LogP) is 2.68. The number of nitrogens with zero attached hydrogens (tertiary/aromatic N) is 1. The van der Waals surface area contributed by atoms with E-state index in [0.29, 0.717) is 50.6 Å². The molecular weight excluding hydrogens is 456 g/mol. The minimum atomic E-state index is -3.53. The van der Waals surface area contributed by atoms with Crippen molar-refractivity contribution in [1.82, 2.24) is 9.62 Å². The van der Waals surface area contributed by atoms with Crippen LogP contribution in [0.1, 0.15) is 31.2 Å². The zero-order chi connectivity index (χ0) is 23.6. The summed E-state index contributed by atoms with van der Waals surface area (Å²) in [5.41, 5.74) is 0.885. The summed E-state index contributed by atoms with van der Waals surface area (Å²) in [6, 6.07) is 14.5. The van der Waals surface area contributed by atoms with E-state index in [9.17, 15) is 13.2 Å². The molecule has 0 unspecified atom stereocenters. The van der Waals surface area contributed by atoms with Crippen LogP contribution in [0.25, 0.3) is 0 Å². The zero-order valence-electron chi connectivity index (χ0n) is 19.1. The van der Waals surface area contributed by atoms with Gasteiger partial charge in [-0.2, -0.15) is 4.31 Å². The summed E-state index contributed by atoms with van der Waals surface area (Å²) < 4.78 is 43.9. The number of ether oxygens (including phenoxy) is 3. The van der Waals surface area contributed by atoms with Crippen LogP contribution in [0.5, 0.6) is 11.5 Å². The molecule has 2 saturated heterocycles. The second-order valence-electron chi connectivity index (χ2n) is 9.17. The topological polar surface area (TPSA) is 94.2 Å². The molecule has 1 N–H and O–H groups in total. The minimum absolute atomic E-state index is 0.0108. The molecule has 0 radical (unpaired) electrons. The average molecular weight is 487 g/mol. The Morgan fingerprint density at radius 2 is 1.71 bits per heavy atom. The van der Waals surface area contributed by atoms with Crippen LogP contribution in [0.3, 0.4) is 0 Å². The van der Waals surface area contributed by atoms with Gasteiger partial charge in [0.05, 0.1) is 4.90 Å². The molecule has 3 aliphatic rings. The highest BCUT2D eigenvalue weighted by Crippen LogP contribution is 2.40. The van der Waals surface area contributed by atoms with Gasteiger partial charge >= 0.3 is 0 Å². The summed E-state index contributed by atoms with van der Waals surface area (Å²) >= 11 is 0. The minimum Gasteiger partial charge on any atom is -0.454 e. The van der Waals surface area contributed by atoms with E-state index in [2.05, 4.69) is 11.4 Å². The summed E-state index contributed by atoms with van der Waals surface area (Å²) in [7, 11) is -3.53. The lowest BCUT2D eigenvalue weighted by Gasteiger charge is -2.38. The monoisotopic (exact) mass is 486 g/mol. The predicted molar refractivity (Wildman–Crippen MR) is 125 cm³/mol. The molecule has 34 heavy (non-hydrogen) atoms. The number of nitrogens with one attached hydrogen (secondary N) is 1. The molecule has 0 atom stereocenters. The molecule has 3 heterocycles. The number of amides is 1. The molecule has 2 aromatic rings. The van der Waals surface area contributed by atoms with Crippen molar-refractivity contribution in [2.24, 2.45) is 5.92 Å². The number of carbonyl (C=O) groups is 1. The summed E-state index contributed by atoms with van der Waals surface area (Å²) in [4.78, 5) is 13.4. The fraction of sp³-hybridized carbons (Fsp3) is 0.480. The fourth-order valence-electron chi connectivity index (χ4n) is 5.06. The van der Waals surface area contributed by atoms with Gasteiger partial charge in [-0.15, -0.1) is 0 Å². The first-order chi connectivity index (χ1) is 16.5. The molecule has 0 aliphatic carbocycles. The van der Waals surface area contributed by atoms with Crippen LogP contribution in [0.4, 0.5) is 0 Å². The van der Waals surface area contributed by atoms with Gasteiger partial charge in [0, 0.05) is 44.2 Å². The standard InChI is InChI=1S/C25H30N2O6S/c28-24(19-8-12-27(13-9-19)34(29,30)21-4-2-1-3-5-21)26-17-25(10-14-31-15-11-25)20-6-7-22-23(16-20)33-18-32-22/h1-7,16,19H,8-15,17-18H2,(H,26,28). The van der Waals surface area contributed by atoms with Crippen LogP contribution in [0.2, 0.25) is 0 Å². The van der Waals surface area contributed by atoms with Gasteiger partial charge in [0.25, 0.3) is 0 Å². The lowest BCUT2D eigenvalue weighted by atomic mass is 9.74. The third kappa shape index (κ3) is 4.52. The van der Waals surface area contributed by atoms with Crippen molar-refractivity contribution in [1.29, 1.82) is 0 Å². The lowest BCUT2D eigenvalue weighted by Crippen LogP contribution is -2.48. The van der Waals surface area contributed by atoms with E-state index in [1.54, 1.807) is 30.3 Å². The number of carbonyl (C=O) groups excluding carboxylic acids is 1. The van der Waals surface area contributed by atoms with Gasteiger partial charge < -0.3 is 19.5 Å². The highest BCUT2D eigenvalue weighted by molar-refractivity contribution is 7.89. The van der Waals surface area contributed by atoms with Gasteiger partial charge in [-0.1, -0.05) is 24.3 Å². The molecule has 0 spiro atoms. The van der Waals surface area contributed by atoms with E-state index in [4.69, 9.17) is 14.2 Å². The molecule has 1 amide bonds. The summed E-state index contributed by atoms with van der Waals surface area (Å²) in [6.07, 6.45) is 2.64. The van der Waals surface area contributed by atoms with Crippen molar-refractivity contribution >= 4 is 15.9 Å². The first kappa shape index (κ1) is 23.1. The number of hydrogen-bond acceptors (Lipinski definition) is 6. The van der Waals surface area contributed by atoms with Crippen LogP contribution in [0, 0.1) is 5.92 Å². The van der Waals surface area contributed by atoms with Gasteiger partial charge in [-0.05, 0) is 55.5 Å². The second kappa shape index (κ2) is 9.56. The Balaban J connectivity index is 1.22. The average Bonchev–Trinajstić information content (AvgIpc) is 3.36. The summed E-state index contributed by atoms with van der Waals surface area (Å²) in [5.74, 6) is 1.27. The molecule has 0 aromatic heterocycles. The van der Waals surface area contributed by atoms with Crippen LogP contribution in [-0.4, -0.2) is 58.3 Å². The highest BCUT2D eigenvalue weighted by Gasteiger charge is 2.37. The number of piperidine rings is 1. The van der Waals surface area contributed by atoms with E-state index in [-0.39, 0.29) is 24.0 Å². The maximum absolute atomic E-state index is 13.1. The Hall–Kier alpha value is -2.62. The maximum atomic E-state index is 13.1. The molecule has 5 rings (SSSR count). The lowest BCUT2D eigenvalue weighted by molar-refractivity contribution is -0.126. The van der Waals surface area contributed by atoms with Crippen LogP contribution in [0.15, 0.2) is 53.4 Å². The first-order valence-electron chi connectivity index (χ1n) is 11.8. The van der Waals surface area contributed by atoms with Gasteiger partial charge in [0.1, 0.15) is 0 Å². The third-order valence-corrected chi connectivity index (χ3v) is 9.15. The molecule has 3 aliphatic heterocycles. The van der Waals surface area contributed by atoms with Gasteiger partial charge in [-0.25, -0.2) is 8.42 Å². The summed E-state index contributed by atoms with van der Waals surface area (Å²) in [6.45, 7) is 2.70. The van der Waals surface area contributed by atoms with Crippen molar-refractivity contribution in [3.8, 4) is 11.5 Å². The largest absolute Gasteiger partial charge is 0.454 e. The molecule has 182 valence electrons. The van der Waals surface area contributed by atoms with Crippen molar-refractivity contribution in [2.45, 2.75) is 36.0 Å². The van der Waals surface area contributed by atoms with Gasteiger partial charge in [0.15, 0.2) is 11.5 Å². The van der Waals surface area contributed by atoms with Crippen LogP contribution >= 0.6 is 0 Å². The second-order valence-corrected chi connectivity index (χ2v) is 11.1. The van der Waals surface area contributed by atoms with Crippen molar-refractivity contribution < 1.29 is 27.4 Å². The number of rotatable bonds is 6. The molecule has 0 saturated carbocycles. The van der Waals surface area contributed by atoms with Crippen LogP contribution < -0.4 is 14.8 Å². The maximum Gasteiger partial charge on any atom is 0.243 e. The Morgan fingerprint density at radius 3 is 2.44 bits per heavy atom. The van der Waals surface area contributed by atoms with E-state index >= 15 is 0 Å². The van der Waals surface area contributed by atoms with E-state index < -0.39 is 10.0 Å². The zero-order valence-corrected chi connectivity index (χ0v) is 19.9. The Morgan fingerprint density at radius 1 is 1.00 bits per heavy atom. The Kier molecular flexibility index (Phi) is 6.50. The van der Waals surface area contributed by atoms with Gasteiger partial charge in [-0.3, -0.25) is 4.79 Å². The Labute approximate surface area is 200 Å². The normalized spacial score (nSPS) is 20.7. The smallest absolute Gasteiger partial charge is 0.243 e. The number of sulfonamides is 1. The first-order valence-corrected chi connectivity index (χ1v) is 13.2. The molecule has 9 heteroatoms. The molecule has 0 bridgehead atoms. The highest BCUT2D eigenvalue weighted by atomic mass is 32.2. The van der Waals surface area contributed by atoms with E-state index in [1.807, 2.05) is 12.1 Å². The van der Waals surface area contributed by atoms with E-state index in [1.165, 1.54) is 4.31 Å². The Bertz CT molecular complexity index is 1120. The van der Waals surface area contributed by atoms with Crippen molar-refractivity contribution in [3.63, 3.8) is 0 Å². The third-order valence-electron chi connectivity index (χ3n) is 7.24. The number of fused-ring (bicyclic) bond motifs is 1. The fourth-order valence-corrected chi connectivity index (χ4v) is 6.55. The van der Waals surface area contributed by atoms with E-state index in [0.717, 1.165) is 29.9 Å². The number of benzene rings is 2. The summed E-state index contributed by atoms with van der Waals surface area (Å²) in [5, 5.41) is 3.18. The molecular formula is C25H30N2O6S. The van der Waals surface area contributed by atoms with Crippen LogP contribution in [-0.2, 0) is 25.0 Å². The molecule has 2 fully saturated rings. The quantitative estimate of drug-likeness (QED) is 0.675. The van der Waals surface area contributed by atoms with Crippen molar-refractivity contribution in [3.05, 3.63) is 54.1 Å². The SMILES string of the molecule is O=C(NCC1(c2ccc3c(c2)OCO3)CCOCC1)C1CCN(S(=O)(=O)c2ccccc2)CC1. The van der Waals surface area contributed by atoms with Gasteiger partial charge in [0.2, 0.25) is 22.7 Å². The molecule has 8 nitrogen and oxygen atoms in total.